The van der Waals surface area contributed by atoms with Gasteiger partial charge in [0.2, 0.25) is 0 Å². The molecule has 0 saturated heterocycles. The van der Waals surface area contributed by atoms with Crippen molar-refractivity contribution in [2.75, 3.05) is 0 Å². The molecule has 15 heavy (non-hydrogen) atoms. The van der Waals surface area contributed by atoms with Gasteiger partial charge in [-0.15, -0.1) is 0 Å². The lowest BCUT2D eigenvalue weighted by atomic mass is 10.1. The zero-order valence-electron chi connectivity index (χ0n) is 8.04. The summed E-state index contributed by atoms with van der Waals surface area (Å²) in [6, 6.07) is 10.1. The molecule has 0 unspecified atom stereocenters. The fourth-order valence-electron chi connectivity index (χ4n) is 1.62. The number of fused-ring (bicyclic) bond motifs is 1. The Morgan fingerprint density at radius 3 is 2.80 bits per heavy atom. The Morgan fingerprint density at radius 1 is 0.933 bits per heavy atom. The van der Waals surface area contributed by atoms with Crippen molar-refractivity contribution >= 4 is 5.52 Å². The van der Waals surface area contributed by atoms with Crippen LogP contribution in [0.3, 0.4) is 0 Å². The van der Waals surface area contributed by atoms with Crippen LogP contribution in [0, 0.1) is 0 Å². The molecule has 0 aliphatic heterocycles. The van der Waals surface area contributed by atoms with Gasteiger partial charge in [-0.25, -0.2) is 4.52 Å². The van der Waals surface area contributed by atoms with Gasteiger partial charge in [0.05, 0.1) is 5.52 Å². The molecule has 0 amide bonds. The molecule has 3 aromatic rings. The lowest BCUT2D eigenvalue weighted by Gasteiger charge is -2.01. The van der Waals surface area contributed by atoms with Gasteiger partial charge < -0.3 is 0 Å². The molecule has 0 radical (unpaired) electrons. The first-order valence-corrected chi connectivity index (χ1v) is 4.77. The van der Waals surface area contributed by atoms with Gasteiger partial charge in [-0.2, -0.15) is 5.10 Å². The fourth-order valence-corrected chi connectivity index (χ4v) is 1.62. The Hall–Kier alpha value is -2.16. The van der Waals surface area contributed by atoms with E-state index in [1.165, 1.54) is 0 Å². The van der Waals surface area contributed by atoms with E-state index in [4.69, 9.17) is 0 Å². The molecule has 0 N–H and O–H groups in total. The summed E-state index contributed by atoms with van der Waals surface area (Å²) in [7, 11) is 0. The molecule has 3 heterocycles. The summed E-state index contributed by atoms with van der Waals surface area (Å²) in [5.41, 5.74) is 3.33. The standard InChI is InChI=1S/C12H9N3/c1-2-10(8-13-6-1)11-3-4-12-5-7-14-15(12)9-11/h1-9H. The van der Waals surface area contributed by atoms with Crippen LogP contribution in [0.15, 0.2) is 55.1 Å². The van der Waals surface area contributed by atoms with Crippen LogP contribution < -0.4 is 0 Å². The van der Waals surface area contributed by atoms with E-state index in [2.05, 4.69) is 22.2 Å². The summed E-state index contributed by atoms with van der Waals surface area (Å²) >= 11 is 0. The zero-order chi connectivity index (χ0) is 10.1. The van der Waals surface area contributed by atoms with Crippen LogP contribution in [-0.4, -0.2) is 14.6 Å². The van der Waals surface area contributed by atoms with Gasteiger partial charge in [0, 0.05) is 35.9 Å². The molecule has 3 nitrogen and oxygen atoms in total. The van der Waals surface area contributed by atoms with Crippen LogP contribution in [0.4, 0.5) is 0 Å². The molecule has 0 atom stereocenters. The van der Waals surface area contributed by atoms with Crippen molar-refractivity contribution in [1.29, 1.82) is 0 Å². The van der Waals surface area contributed by atoms with E-state index < -0.39 is 0 Å². The Morgan fingerprint density at radius 2 is 1.93 bits per heavy atom. The molecule has 0 aliphatic carbocycles. The Labute approximate surface area is 87.0 Å². The molecule has 3 aromatic heterocycles. The maximum Gasteiger partial charge on any atom is 0.0661 e. The summed E-state index contributed by atoms with van der Waals surface area (Å²) in [5.74, 6) is 0. The van der Waals surface area contributed by atoms with Crippen molar-refractivity contribution in [2.45, 2.75) is 0 Å². The predicted octanol–water partition coefficient (Wildman–Crippen LogP) is 2.40. The van der Waals surface area contributed by atoms with Gasteiger partial charge in [0.15, 0.2) is 0 Å². The van der Waals surface area contributed by atoms with Gasteiger partial charge in [0.1, 0.15) is 0 Å². The summed E-state index contributed by atoms with van der Waals surface area (Å²) < 4.78 is 1.86. The first kappa shape index (κ1) is 8.17. The average Bonchev–Trinajstić information content (AvgIpc) is 2.77. The maximum absolute atomic E-state index is 4.20. The number of hydrogen-bond donors (Lipinski definition) is 0. The van der Waals surface area contributed by atoms with E-state index in [-0.39, 0.29) is 0 Å². The first-order chi connectivity index (χ1) is 7.43. The summed E-state index contributed by atoms with van der Waals surface area (Å²) in [4.78, 5) is 4.10. The molecule has 3 heteroatoms. The molecule has 72 valence electrons. The minimum atomic E-state index is 1.10. The molecule has 0 aliphatic rings. The molecule has 0 fully saturated rings. The average molecular weight is 195 g/mol. The molecule has 0 saturated carbocycles. The van der Waals surface area contributed by atoms with Gasteiger partial charge in [-0.3, -0.25) is 4.98 Å². The quantitative estimate of drug-likeness (QED) is 0.596. The van der Waals surface area contributed by atoms with E-state index in [1.807, 2.05) is 35.1 Å². The highest BCUT2D eigenvalue weighted by molar-refractivity contribution is 5.64. The number of nitrogens with zero attached hydrogens (tertiary/aromatic N) is 3. The van der Waals surface area contributed by atoms with Gasteiger partial charge >= 0.3 is 0 Å². The minimum Gasteiger partial charge on any atom is -0.264 e. The van der Waals surface area contributed by atoms with E-state index in [1.54, 1.807) is 12.4 Å². The Kier molecular flexibility index (Phi) is 1.75. The number of pyridine rings is 2. The molecule has 0 aromatic carbocycles. The van der Waals surface area contributed by atoms with Gasteiger partial charge in [0.25, 0.3) is 0 Å². The van der Waals surface area contributed by atoms with E-state index in [0.29, 0.717) is 0 Å². The minimum absolute atomic E-state index is 1.10. The summed E-state index contributed by atoms with van der Waals surface area (Å²) in [6.45, 7) is 0. The van der Waals surface area contributed by atoms with Crippen molar-refractivity contribution in [3.05, 3.63) is 55.1 Å². The van der Waals surface area contributed by atoms with Crippen molar-refractivity contribution in [1.82, 2.24) is 14.6 Å². The van der Waals surface area contributed by atoms with Gasteiger partial charge in [-0.05, 0) is 18.2 Å². The van der Waals surface area contributed by atoms with Crippen LogP contribution in [0.1, 0.15) is 0 Å². The summed E-state index contributed by atoms with van der Waals surface area (Å²) in [5, 5.41) is 4.20. The number of aromatic nitrogens is 3. The molecular weight excluding hydrogens is 186 g/mol. The number of hydrogen-bond acceptors (Lipinski definition) is 2. The lowest BCUT2D eigenvalue weighted by Crippen LogP contribution is -1.87. The highest BCUT2D eigenvalue weighted by Crippen LogP contribution is 2.18. The highest BCUT2D eigenvalue weighted by Gasteiger charge is 1.98. The third-order valence-corrected chi connectivity index (χ3v) is 2.39. The van der Waals surface area contributed by atoms with Crippen LogP contribution in [0.2, 0.25) is 0 Å². The normalized spacial score (nSPS) is 10.7. The van der Waals surface area contributed by atoms with E-state index >= 15 is 0 Å². The third kappa shape index (κ3) is 1.38. The van der Waals surface area contributed by atoms with Crippen molar-refractivity contribution in [3.8, 4) is 11.1 Å². The Balaban J connectivity index is 2.19. The second kappa shape index (κ2) is 3.20. The lowest BCUT2D eigenvalue weighted by molar-refractivity contribution is 0.962. The van der Waals surface area contributed by atoms with Crippen LogP contribution in [-0.2, 0) is 0 Å². The third-order valence-electron chi connectivity index (χ3n) is 2.39. The van der Waals surface area contributed by atoms with E-state index in [9.17, 15) is 0 Å². The van der Waals surface area contributed by atoms with Crippen molar-refractivity contribution in [3.63, 3.8) is 0 Å². The molecule has 0 spiro atoms. The second-order valence-electron chi connectivity index (χ2n) is 3.36. The van der Waals surface area contributed by atoms with E-state index in [0.717, 1.165) is 16.6 Å². The van der Waals surface area contributed by atoms with Crippen LogP contribution in [0.25, 0.3) is 16.6 Å². The topological polar surface area (TPSA) is 30.2 Å². The second-order valence-corrected chi connectivity index (χ2v) is 3.36. The molecule has 3 rings (SSSR count). The fraction of sp³-hybridized carbons (Fsp3) is 0. The smallest absolute Gasteiger partial charge is 0.0661 e. The molecule has 0 bridgehead atoms. The van der Waals surface area contributed by atoms with Crippen molar-refractivity contribution < 1.29 is 0 Å². The summed E-state index contributed by atoms with van der Waals surface area (Å²) in [6.07, 6.45) is 7.43. The Bertz CT molecular complexity index is 584. The van der Waals surface area contributed by atoms with Crippen LogP contribution in [0.5, 0.6) is 0 Å². The largest absolute Gasteiger partial charge is 0.264 e. The monoisotopic (exact) mass is 195 g/mol. The number of rotatable bonds is 1. The molecular formula is C12H9N3. The SMILES string of the molecule is c1cncc(-c2ccc3ccnn3c2)c1. The predicted molar refractivity (Wildman–Crippen MR) is 58.4 cm³/mol. The van der Waals surface area contributed by atoms with Gasteiger partial charge in [-0.1, -0.05) is 12.1 Å². The maximum atomic E-state index is 4.20. The van der Waals surface area contributed by atoms with Crippen molar-refractivity contribution in [2.24, 2.45) is 0 Å². The highest BCUT2D eigenvalue weighted by atomic mass is 15.2. The zero-order valence-corrected chi connectivity index (χ0v) is 8.04. The van der Waals surface area contributed by atoms with Crippen LogP contribution >= 0.6 is 0 Å². The first-order valence-electron chi connectivity index (χ1n) is 4.77.